The van der Waals surface area contributed by atoms with Crippen LogP contribution in [0.2, 0.25) is 0 Å². The largest absolute Gasteiger partial charge is 0.359 e. The van der Waals surface area contributed by atoms with Crippen molar-refractivity contribution in [2.45, 2.75) is 33.2 Å². The molecule has 0 bridgehead atoms. The van der Waals surface area contributed by atoms with Gasteiger partial charge in [-0.05, 0) is 31.4 Å². The van der Waals surface area contributed by atoms with E-state index in [1.165, 1.54) is 0 Å². The number of nitrogens with two attached hydrogens (primary N) is 1. The van der Waals surface area contributed by atoms with Crippen molar-refractivity contribution in [3.8, 4) is 6.07 Å². The molecule has 1 unspecified atom stereocenters. The maximum atomic E-state index is 9.08. The molecule has 1 heterocycles. The Hall–Kier alpha value is -1.60. The van der Waals surface area contributed by atoms with E-state index in [0.717, 1.165) is 24.5 Å². The lowest BCUT2D eigenvalue weighted by Crippen LogP contribution is -2.32. The van der Waals surface area contributed by atoms with Gasteiger partial charge in [-0.15, -0.1) is 0 Å². The molecule has 1 aromatic rings. The molecule has 0 aromatic carbocycles. The third-order valence-corrected chi connectivity index (χ3v) is 3.15. The summed E-state index contributed by atoms with van der Waals surface area (Å²) in [6.45, 7) is 6.98. The smallest absolute Gasteiger partial charge is 0.146 e. The molecule has 98 valence electrons. The lowest BCUT2D eigenvalue weighted by Gasteiger charge is -2.23. The number of aromatic nitrogens is 1. The van der Waals surface area contributed by atoms with Crippen LogP contribution < -0.4 is 10.6 Å². The SMILES string of the molecule is Cc1ccc(C#N)c(N(C)CCC(N)C(C)C)n1. The van der Waals surface area contributed by atoms with Crippen LogP contribution >= 0.6 is 0 Å². The third kappa shape index (κ3) is 3.71. The van der Waals surface area contributed by atoms with Crippen molar-refractivity contribution in [2.75, 3.05) is 18.5 Å². The van der Waals surface area contributed by atoms with Gasteiger partial charge in [-0.1, -0.05) is 13.8 Å². The highest BCUT2D eigenvalue weighted by Gasteiger charge is 2.12. The molecule has 1 rings (SSSR count). The summed E-state index contributed by atoms with van der Waals surface area (Å²) < 4.78 is 0. The van der Waals surface area contributed by atoms with Crippen molar-refractivity contribution in [3.05, 3.63) is 23.4 Å². The zero-order chi connectivity index (χ0) is 13.7. The molecule has 0 amide bonds. The van der Waals surface area contributed by atoms with Crippen LogP contribution in [0.25, 0.3) is 0 Å². The highest BCUT2D eigenvalue weighted by molar-refractivity contribution is 5.53. The van der Waals surface area contributed by atoms with Gasteiger partial charge in [0, 0.05) is 25.3 Å². The fraction of sp³-hybridized carbons (Fsp3) is 0.571. The summed E-state index contributed by atoms with van der Waals surface area (Å²) in [6.07, 6.45) is 0.897. The number of pyridine rings is 1. The minimum absolute atomic E-state index is 0.183. The molecule has 0 aliphatic rings. The number of anilines is 1. The quantitative estimate of drug-likeness (QED) is 0.863. The number of hydrogen-bond donors (Lipinski definition) is 1. The molecule has 1 atom stereocenters. The average Bonchev–Trinajstić information content (AvgIpc) is 2.35. The van der Waals surface area contributed by atoms with Crippen LogP contribution in [-0.4, -0.2) is 24.6 Å². The van der Waals surface area contributed by atoms with Crippen LogP contribution in [0.5, 0.6) is 0 Å². The van der Waals surface area contributed by atoms with E-state index in [4.69, 9.17) is 11.0 Å². The summed E-state index contributed by atoms with van der Waals surface area (Å²) in [5, 5.41) is 9.08. The number of nitrogens with zero attached hydrogens (tertiary/aromatic N) is 3. The van der Waals surface area contributed by atoms with E-state index < -0.39 is 0 Å². The Labute approximate surface area is 109 Å². The molecular formula is C14H22N4. The van der Waals surface area contributed by atoms with E-state index in [0.29, 0.717) is 11.5 Å². The normalized spacial score (nSPS) is 12.3. The van der Waals surface area contributed by atoms with E-state index >= 15 is 0 Å². The Morgan fingerprint density at radius 2 is 2.11 bits per heavy atom. The van der Waals surface area contributed by atoms with E-state index in [9.17, 15) is 0 Å². The summed E-state index contributed by atoms with van der Waals surface area (Å²) in [6, 6.07) is 6.03. The van der Waals surface area contributed by atoms with Crippen molar-refractivity contribution in [3.63, 3.8) is 0 Å². The van der Waals surface area contributed by atoms with Gasteiger partial charge in [0.25, 0.3) is 0 Å². The lowest BCUT2D eigenvalue weighted by molar-refractivity contribution is 0.465. The van der Waals surface area contributed by atoms with Crippen LogP contribution in [0.4, 0.5) is 5.82 Å². The number of rotatable bonds is 5. The molecular weight excluding hydrogens is 224 g/mol. The van der Waals surface area contributed by atoms with Crippen LogP contribution in [0, 0.1) is 24.2 Å². The van der Waals surface area contributed by atoms with Crippen LogP contribution in [0.3, 0.4) is 0 Å². The minimum Gasteiger partial charge on any atom is -0.359 e. The van der Waals surface area contributed by atoms with Gasteiger partial charge in [0.15, 0.2) is 0 Å². The summed E-state index contributed by atoms with van der Waals surface area (Å²) in [5.41, 5.74) is 7.56. The molecule has 0 aliphatic carbocycles. The van der Waals surface area contributed by atoms with Gasteiger partial charge >= 0.3 is 0 Å². The van der Waals surface area contributed by atoms with Crippen molar-refractivity contribution in [1.82, 2.24) is 4.98 Å². The zero-order valence-electron chi connectivity index (χ0n) is 11.6. The van der Waals surface area contributed by atoms with Gasteiger partial charge in [-0.2, -0.15) is 5.26 Å². The highest BCUT2D eigenvalue weighted by Crippen LogP contribution is 2.17. The number of nitriles is 1. The lowest BCUT2D eigenvalue weighted by atomic mass is 10.0. The van der Waals surface area contributed by atoms with E-state index in [-0.39, 0.29) is 6.04 Å². The van der Waals surface area contributed by atoms with Gasteiger partial charge in [0.05, 0.1) is 5.56 Å². The molecule has 0 radical (unpaired) electrons. The Balaban J connectivity index is 2.75. The van der Waals surface area contributed by atoms with Crippen LogP contribution in [0.1, 0.15) is 31.5 Å². The van der Waals surface area contributed by atoms with E-state index in [1.54, 1.807) is 0 Å². The predicted molar refractivity (Wildman–Crippen MR) is 74.4 cm³/mol. The summed E-state index contributed by atoms with van der Waals surface area (Å²) in [5.74, 6) is 1.22. The standard InChI is InChI=1S/C14H22N4/c1-10(2)13(16)7-8-18(4)14-12(9-15)6-5-11(3)17-14/h5-6,10,13H,7-8,16H2,1-4H3. The first-order valence-electron chi connectivity index (χ1n) is 6.30. The summed E-state index contributed by atoms with van der Waals surface area (Å²) in [4.78, 5) is 6.44. The third-order valence-electron chi connectivity index (χ3n) is 3.15. The average molecular weight is 246 g/mol. The maximum Gasteiger partial charge on any atom is 0.146 e. The Morgan fingerprint density at radius 3 is 2.67 bits per heavy atom. The number of hydrogen-bond acceptors (Lipinski definition) is 4. The second-order valence-corrected chi connectivity index (χ2v) is 5.05. The van der Waals surface area contributed by atoms with Crippen molar-refractivity contribution in [1.29, 1.82) is 5.26 Å². The fourth-order valence-corrected chi connectivity index (χ4v) is 1.70. The topological polar surface area (TPSA) is 65.9 Å². The molecule has 1 aromatic heterocycles. The number of aryl methyl sites for hydroxylation is 1. The van der Waals surface area contributed by atoms with Crippen molar-refractivity contribution in [2.24, 2.45) is 11.7 Å². The van der Waals surface area contributed by atoms with Gasteiger partial charge in [0.2, 0.25) is 0 Å². The predicted octanol–water partition coefficient (Wildman–Crippen LogP) is 2.07. The molecule has 0 aliphatic heterocycles. The van der Waals surface area contributed by atoms with E-state index in [2.05, 4.69) is 24.9 Å². The van der Waals surface area contributed by atoms with Crippen molar-refractivity contribution < 1.29 is 0 Å². The van der Waals surface area contributed by atoms with Crippen molar-refractivity contribution >= 4 is 5.82 Å². The zero-order valence-corrected chi connectivity index (χ0v) is 11.6. The molecule has 0 fully saturated rings. The first-order chi connectivity index (χ1) is 8.45. The second kappa shape index (κ2) is 6.36. The van der Waals surface area contributed by atoms with Gasteiger partial charge in [-0.3, -0.25) is 0 Å². The van der Waals surface area contributed by atoms with Gasteiger partial charge in [-0.25, -0.2) is 4.98 Å². The molecule has 2 N–H and O–H groups in total. The molecule has 4 nitrogen and oxygen atoms in total. The minimum atomic E-state index is 0.183. The van der Waals surface area contributed by atoms with Crippen LogP contribution in [-0.2, 0) is 0 Å². The summed E-state index contributed by atoms with van der Waals surface area (Å²) in [7, 11) is 1.95. The van der Waals surface area contributed by atoms with Crippen LogP contribution in [0.15, 0.2) is 12.1 Å². The molecule has 0 spiro atoms. The van der Waals surface area contributed by atoms with Gasteiger partial charge in [0.1, 0.15) is 11.9 Å². The Bertz CT molecular complexity index is 434. The maximum absolute atomic E-state index is 9.08. The van der Waals surface area contributed by atoms with E-state index in [1.807, 2.05) is 31.0 Å². The van der Waals surface area contributed by atoms with Gasteiger partial charge < -0.3 is 10.6 Å². The molecule has 0 saturated heterocycles. The summed E-state index contributed by atoms with van der Waals surface area (Å²) >= 11 is 0. The first-order valence-corrected chi connectivity index (χ1v) is 6.30. The highest BCUT2D eigenvalue weighted by atomic mass is 15.2. The molecule has 0 saturated carbocycles. The Morgan fingerprint density at radius 1 is 1.44 bits per heavy atom. The molecule has 4 heteroatoms. The monoisotopic (exact) mass is 246 g/mol. The first kappa shape index (κ1) is 14.5. The Kier molecular flexibility index (Phi) is 5.11. The second-order valence-electron chi connectivity index (χ2n) is 5.05. The molecule has 18 heavy (non-hydrogen) atoms. The fourth-order valence-electron chi connectivity index (χ4n) is 1.70.